The fourth-order valence-corrected chi connectivity index (χ4v) is 7.09. The molecule has 4 N–H and O–H groups in total. The van der Waals surface area contributed by atoms with Crippen LogP contribution < -0.4 is 10.6 Å². The van der Waals surface area contributed by atoms with Crippen molar-refractivity contribution in [2.45, 2.75) is 75.0 Å². The third-order valence-electron chi connectivity index (χ3n) is 9.77. The Balaban J connectivity index is 1.12. The number of rotatable bonds is 9. The Labute approximate surface area is 327 Å². The van der Waals surface area contributed by atoms with Crippen LogP contribution in [0.3, 0.4) is 0 Å². The number of nitrogens with one attached hydrogen (secondary N) is 4. The van der Waals surface area contributed by atoms with Crippen LogP contribution in [0.4, 0.5) is 35.9 Å². The standard InChI is InChI=1S/C38H38F6N8O6/c1-57-35(55)49-26(18-37(39,40)41)33(53)51-15-3-5-29(51)31-45-20-28(48-31)23-12-9-21(10-13-23)7-8-22-11-14-24-25(17-22)47-32(46-24)30-6-4-16-52(30)34(54)27(19-38(42,43)44)50-36(56)58-2/h9-14,17,20,26-27,29-30H,3-6,15-16,18-19H2,1-2H3,(H,45,48)(H,46,47)(H,49,55)(H,50,56)/t26-,27-,29-,30-/m0/s1. The number of halogens is 6. The topological polar surface area (TPSA) is 175 Å². The number of methoxy groups -OCH3 is 2. The molecule has 0 unspecified atom stereocenters. The predicted molar refractivity (Wildman–Crippen MR) is 193 cm³/mol. The van der Waals surface area contributed by atoms with Crippen molar-refractivity contribution in [2.75, 3.05) is 27.3 Å². The second-order valence-electron chi connectivity index (χ2n) is 13.8. The fraction of sp³-hybridized carbons (Fsp3) is 0.421. The summed E-state index contributed by atoms with van der Waals surface area (Å²) < 4.78 is 88.5. The van der Waals surface area contributed by atoms with Gasteiger partial charge in [-0.1, -0.05) is 24.0 Å². The molecular formula is C38H38F6N8O6. The van der Waals surface area contributed by atoms with Crippen molar-refractivity contribution >= 4 is 35.0 Å². The summed E-state index contributed by atoms with van der Waals surface area (Å²) in [6.07, 6.45) is -11.3. The minimum atomic E-state index is -4.71. The second-order valence-corrected chi connectivity index (χ2v) is 13.8. The zero-order chi connectivity index (χ0) is 41.8. The van der Waals surface area contributed by atoms with E-state index in [0.29, 0.717) is 65.2 Å². The minimum Gasteiger partial charge on any atom is -0.453 e. The van der Waals surface area contributed by atoms with Gasteiger partial charge in [0, 0.05) is 24.2 Å². The van der Waals surface area contributed by atoms with E-state index in [1.807, 2.05) is 10.6 Å². The molecule has 2 aliphatic heterocycles. The number of hydrogen-bond donors (Lipinski definition) is 4. The highest BCUT2D eigenvalue weighted by molar-refractivity contribution is 5.87. The molecule has 0 saturated carbocycles. The molecule has 4 aromatic rings. The molecule has 14 nitrogen and oxygen atoms in total. The average molecular weight is 817 g/mol. The third kappa shape index (κ3) is 9.99. The summed E-state index contributed by atoms with van der Waals surface area (Å²) in [7, 11) is 1.99. The van der Waals surface area contributed by atoms with Crippen molar-refractivity contribution in [2.24, 2.45) is 0 Å². The number of nitrogens with zero attached hydrogens (tertiary/aromatic N) is 4. The largest absolute Gasteiger partial charge is 0.453 e. The third-order valence-corrected chi connectivity index (χ3v) is 9.77. The highest BCUT2D eigenvalue weighted by Gasteiger charge is 2.43. The van der Waals surface area contributed by atoms with Crippen LogP contribution in [0.1, 0.15) is 73.4 Å². The van der Waals surface area contributed by atoms with Gasteiger partial charge in [-0.15, -0.1) is 0 Å². The Morgan fingerprint density at radius 1 is 0.776 bits per heavy atom. The normalized spacial score (nSPS) is 18.0. The lowest BCUT2D eigenvalue weighted by molar-refractivity contribution is -0.154. The van der Waals surface area contributed by atoms with Crippen molar-refractivity contribution in [1.82, 2.24) is 40.4 Å². The van der Waals surface area contributed by atoms with Gasteiger partial charge in [-0.2, -0.15) is 26.3 Å². The van der Waals surface area contributed by atoms with Crippen LogP contribution in [-0.4, -0.2) is 105 Å². The number of carbonyl (C=O) groups excluding carboxylic acids is 4. The Morgan fingerprint density at radius 2 is 1.29 bits per heavy atom. The number of alkyl halides is 6. The van der Waals surface area contributed by atoms with E-state index in [1.54, 1.807) is 48.7 Å². The van der Waals surface area contributed by atoms with Crippen LogP contribution in [0.25, 0.3) is 22.3 Å². The number of hydrogen-bond acceptors (Lipinski definition) is 8. The van der Waals surface area contributed by atoms with Gasteiger partial charge in [0.15, 0.2) is 0 Å². The number of ether oxygens (including phenoxy) is 2. The van der Waals surface area contributed by atoms with Crippen LogP contribution in [0, 0.1) is 11.8 Å². The number of aromatic amines is 2. The predicted octanol–water partition coefficient (Wildman–Crippen LogP) is 6.03. The summed E-state index contributed by atoms with van der Waals surface area (Å²) in [4.78, 5) is 67.9. The summed E-state index contributed by atoms with van der Waals surface area (Å²) in [6.45, 7) is 0.368. The van der Waals surface area contributed by atoms with Crippen molar-refractivity contribution in [3.63, 3.8) is 0 Å². The van der Waals surface area contributed by atoms with Crippen LogP contribution in [-0.2, 0) is 19.1 Å². The van der Waals surface area contributed by atoms with E-state index < -0.39 is 73.4 Å². The summed E-state index contributed by atoms with van der Waals surface area (Å²) in [5.74, 6) is 5.17. The number of H-pyrrole nitrogens is 2. The molecule has 0 radical (unpaired) electrons. The molecule has 20 heteroatoms. The number of likely N-dealkylation sites (tertiary alicyclic amines) is 2. The molecule has 2 aromatic carbocycles. The molecule has 2 aromatic heterocycles. The molecule has 0 spiro atoms. The van der Waals surface area contributed by atoms with Crippen LogP contribution in [0.2, 0.25) is 0 Å². The first-order valence-corrected chi connectivity index (χ1v) is 18.1. The first-order chi connectivity index (χ1) is 27.5. The molecule has 6 rings (SSSR count). The van der Waals surface area contributed by atoms with Gasteiger partial charge >= 0.3 is 24.5 Å². The van der Waals surface area contributed by atoms with Gasteiger partial charge < -0.3 is 39.9 Å². The van der Waals surface area contributed by atoms with Gasteiger partial charge in [-0.25, -0.2) is 19.6 Å². The van der Waals surface area contributed by atoms with Gasteiger partial charge in [0.25, 0.3) is 0 Å². The fourth-order valence-electron chi connectivity index (χ4n) is 7.09. The molecule has 308 valence electrons. The number of fused-ring (bicyclic) bond motifs is 1. The smallest absolute Gasteiger partial charge is 0.407 e. The van der Waals surface area contributed by atoms with Gasteiger partial charge in [-0.3, -0.25) is 9.59 Å². The lowest BCUT2D eigenvalue weighted by Gasteiger charge is -2.28. The number of amides is 4. The number of aromatic nitrogens is 4. The van der Waals surface area contributed by atoms with Gasteiger partial charge in [0.1, 0.15) is 23.7 Å². The lowest BCUT2D eigenvalue weighted by Crippen LogP contribution is -2.50. The highest BCUT2D eigenvalue weighted by Crippen LogP contribution is 2.35. The van der Waals surface area contributed by atoms with Crippen molar-refractivity contribution in [1.29, 1.82) is 0 Å². The summed E-state index contributed by atoms with van der Waals surface area (Å²) in [6, 6.07) is 7.44. The Bertz CT molecular complexity index is 2210. The molecule has 2 aliphatic rings. The number of benzene rings is 2. The molecule has 58 heavy (non-hydrogen) atoms. The van der Waals surface area contributed by atoms with E-state index in [-0.39, 0.29) is 13.1 Å². The van der Waals surface area contributed by atoms with E-state index >= 15 is 0 Å². The van der Waals surface area contributed by atoms with Gasteiger partial charge in [0.2, 0.25) is 11.8 Å². The maximum atomic E-state index is 13.3. The number of carbonyl (C=O) groups is 4. The maximum Gasteiger partial charge on any atom is 0.407 e. The van der Waals surface area contributed by atoms with Crippen molar-refractivity contribution in [3.05, 3.63) is 71.4 Å². The zero-order valence-electron chi connectivity index (χ0n) is 31.1. The van der Waals surface area contributed by atoms with E-state index in [4.69, 9.17) is 0 Å². The lowest BCUT2D eigenvalue weighted by atomic mass is 10.1. The molecule has 2 saturated heterocycles. The first-order valence-electron chi connectivity index (χ1n) is 18.1. The van der Waals surface area contributed by atoms with Crippen LogP contribution in [0.5, 0.6) is 0 Å². The monoisotopic (exact) mass is 816 g/mol. The van der Waals surface area contributed by atoms with Crippen molar-refractivity contribution in [3.8, 4) is 23.1 Å². The molecule has 0 aliphatic carbocycles. The SMILES string of the molecule is COC(=O)N[C@@H](CC(F)(F)F)C(=O)N1CCC[C@H]1c1ncc(-c2ccc(C#Cc3ccc4nc([C@@H]5CCCN5C(=O)[C@H](CC(F)(F)F)NC(=O)OC)[nH]c4c3)cc2)[nH]1. The van der Waals surface area contributed by atoms with Gasteiger partial charge in [0.05, 0.1) is 62.1 Å². The summed E-state index contributed by atoms with van der Waals surface area (Å²) in [5, 5.41) is 4.00. The number of imidazole rings is 2. The van der Waals surface area contributed by atoms with Crippen LogP contribution in [0.15, 0.2) is 48.7 Å². The zero-order valence-corrected chi connectivity index (χ0v) is 31.1. The Hall–Kier alpha value is -6.26. The molecular weight excluding hydrogens is 778 g/mol. The van der Waals surface area contributed by atoms with E-state index in [9.17, 15) is 45.5 Å². The molecule has 4 amide bonds. The minimum absolute atomic E-state index is 0.182. The average Bonchev–Trinajstić information content (AvgIpc) is 4.01. The maximum absolute atomic E-state index is 13.3. The molecule has 0 bridgehead atoms. The molecule has 2 fully saturated rings. The summed E-state index contributed by atoms with van der Waals surface area (Å²) in [5.41, 5.74) is 3.80. The van der Waals surface area contributed by atoms with Crippen molar-refractivity contribution < 1.29 is 55.0 Å². The Kier molecular flexibility index (Phi) is 12.2. The Morgan fingerprint density at radius 3 is 1.83 bits per heavy atom. The van der Waals surface area contributed by atoms with E-state index in [0.717, 1.165) is 19.8 Å². The summed E-state index contributed by atoms with van der Waals surface area (Å²) >= 11 is 0. The van der Waals surface area contributed by atoms with E-state index in [1.165, 1.54) is 9.80 Å². The first kappa shape index (κ1) is 41.4. The van der Waals surface area contributed by atoms with Crippen LogP contribution >= 0.6 is 0 Å². The quantitative estimate of drug-likeness (QED) is 0.117. The molecule has 4 heterocycles. The van der Waals surface area contributed by atoms with E-state index in [2.05, 4.69) is 41.3 Å². The highest BCUT2D eigenvalue weighted by atomic mass is 19.4. The number of alkyl carbamates (subject to hydrolysis) is 2. The molecule has 4 atom stereocenters. The van der Waals surface area contributed by atoms with Gasteiger partial charge in [-0.05, 0) is 61.6 Å². The second kappa shape index (κ2) is 17.1.